The average molecular weight is 277 g/mol. The van der Waals surface area contributed by atoms with Crippen molar-refractivity contribution >= 4 is 17.6 Å². The van der Waals surface area contributed by atoms with E-state index in [0.29, 0.717) is 0 Å². The van der Waals surface area contributed by atoms with Gasteiger partial charge in [-0.1, -0.05) is 12.1 Å². The minimum atomic E-state index is -4.90. The molecule has 19 heavy (non-hydrogen) atoms. The third-order valence-corrected chi connectivity index (χ3v) is 2.13. The van der Waals surface area contributed by atoms with Gasteiger partial charge in [-0.3, -0.25) is 9.59 Å². The molecule has 0 aromatic heterocycles. The van der Waals surface area contributed by atoms with Crippen LogP contribution >= 0.6 is 0 Å². The fourth-order valence-corrected chi connectivity index (χ4v) is 1.14. The number of rotatable bonds is 4. The maximum Gasteiger partial charge on any atom is 0.573 e. The maximum absolute atomic E-state index is 12.1. The second kappa shape index (κ2) is 5.59. The van der Waals surface area contributed by atoms with Gasteiger partial charge < -0.3 is 15.2 Å². The van der Waals surface area contributed by atoms with Crippen molar-refractivity contribution in [2.24, 2.45) is 5.92 Å². The average Bonchev–Trinajstić information content (AvgIpc) is 2.28. The Bertz CT molecular complexity index is 487. The van der Waals surface area contributed by atoms with E-state index in [4.69, 9.17) is 5.11 Å². The quantitative estimate of drug-likeness (QED) is 0.827. The SMILES string of the molecule is CC(C(=O)O)C(=O)Nc1ccccc1OC(F)(F)F. The molecule has 0 saturated carbocycles. The van der Waals surface area contributed by atoms with Crippen LogP contribution in [0, 0.1) is 5.92 Å². The number of anilines is 1. The number of carbonyl (C=O) groups is 2. The zero-order valence-corrected chi connectivity index (χ0v) is 9.69. The Balaban J connectivity index is 2.90. The first-order valence-electron chi connectivity index (χ1n) is 5.09. The lowest BCUT2D eigenvalue weighted by Gasteiger charge is -2.14. The smallest absolute Gasteiger partial charge is 0.481 e. The van der Waals surface area contributed by atoms with Crippen molar-refractivity contribution in [2.75, 3.05) is 5.32 Å². The molecule has 0 aliphatic heterocycles. The molecule has 0 saturated heterocycles. The van der Waals surface area contributed by atoms with Crippen LogP contribution in [0.5, 0.6) is 5.75 Å². The molecule has 0 fully saturated rings. The molecule has 5 nitrogen and oxygen atoms in total. The number of carbonyl (C=O) groups excluding carboxylic acids is 1. The molecule has 104 valence electrons. The van der Waals surface area contributed by atoms with Crippen LogP contribution in [0.25, 0.3) is 0 Å². The molecule has 1 aromatic carbocycles. The molecule has 8 heteroatoms. The Morgan fingerprint density at radius 2 is 1.89 bits per heavy atom. The van der Waals surface area contributed by atoms with E-state index in [1.54, 1.807) is 0 Å². The molecule has 0 heterocycles. The highest BCUT2D eigenvalue weighted by molar-refractivity contribution is 6.04. The highest BCUT2D eigenvalue weighted by atomic mass is 19.4. The van der Waals surface area contributed by atoms with Gasteiger partial charge >= 0.3 is 12.3 Å². The first-order chi connectivity index (χ1) is 8.70. The number of amides is 1. The molecule has 2 N–H and O–H groups in total. The summed E-state index contributed by atoms with van der Waals surface area (Å²) in [5, 5.41) is 10.7. The highest BCUT2D eigenvalue weighted by Crippen LogP contribution is 2.30. The fraction of sp³-hybridized carbons (Fsp3) is 0.273. The monoisotopic (exact) mass is 277 g/mol. The van der Waals surface area contributed by atoms with Crippen molar-refractivity contribution < 1.29 is 32.6 Å². The number of alkyl halides is 3. The lowest BCUT2D eigenvalue weighted by molar-refractivity contribution is -0.274. The predicted molar refractivity (Wildman–Crippen MR) is 58.6 cm³/mol. The molecule has 0 aliphatic carbocycles. The van der Waals surface area contributed by atoms with Gasteiger partial charge in [-0.25, -0.2) is 0 Å². The number of hydrogen-bond acceptors (Lipinski definition) is 3. The molecule has 1 amide bonds. The van der Waals surface area contributed by atoms with E-state index in [2.05, 4.69) is 10.1 Å². The Labute approximate surface area is 106 Å². The van der Waals surface area contributed by atoms with Crippen LogP contribution in [0.1, 0.15) is 6.92 Å². The van der Waals surface area contributed by atoms with Gasteiger partial charge in [-0.2, -0.15) is 0 Å². The lowest BCUT2D eigenvalue weighted by Crippen LogP contribution is -2.27. The normalized spacial score (nSPS) is 12.6. The molecule has 0 radical (unpaired) electrons. The fourth-order valence-electron chi connectivity index (χ4n) is 1.14. The molecule has 1 rings (SSSR count). The Hall–Kier alpha value is -2.25. The number of carboxylic acids is 1. The molecule has 0 aliphatic rings. The number of para-hydroxylation sites is 2. The van der Waals surface area contributed by atoms with Crippen LogP contribution in [0.2, 0.25) is 0 Å². The van der Waals surface area contributed by atoms with Crippen molar-refractivity contribution in [2.45, 2.75) is 13.3 Å². The van der Waals surface area contributed by atoms with Gasteiger partial charge in [0, 0.05) is 0 Å². The van der Waals surface area contributed by atoms with Crippen molar-refractivity contribution in [1.82, 2.24) is 0 Å². The maximum atomic E-state index is 12.1. The summed E-state index contributed by atoms with van der Waals surface area (Å²) < 4.78 is 40.1. The minimum Gasteiger partial charge on any atom is -0.481 e. The van der Waals surface area contributed by atoms with Crippen LogP contribution in [0.4, 0.5) is 18.9 Å². The highest BCUT2D eigenvalue weighted by Gasteiger charge is 2.32. The first kappa shape index (κ1) is 14.8. The van der Waals surface area contributed by atoms with Gasteiger partial charge in [0.1, 0.15) is 5.92 Å². The van der Waals surface area contributed by atoms with Crippen molar-refractivity contribution in [3.63, 3.8) is 0 Å². The van der Waals surface area contributed by atoms with Crippen molar-refractivity contribution in [3.05, 3.63) is 24.3 Å². The summed E-state index contributed by atoms with van der Waals surface area (Å²) in [6.07, 6.45) is -4.90. The second-order valence-corrected chi connectivity index (χ2v) is 3.59. The van der Waals surface area contributed by atoms with Gasteiger partial charge in [-0.15, -0.1) is 13.2 Å². The summed E-state index contributed by atoms with van der Waals surface area (Å²) in [6, 6.07) is 4.85. The second-order valence-electron chi connectivity index (χ2n) is 3.59. The van der Waals surface area contributed by atoms with E-state index in [1.165, 1.54) is 18.2 Å². The molecule has 0 bridgehead atoms. The summed E-state index contributed by atoms with van der Waals surface area (Å²) >= 11 is 0. The number of halogens is 3. The largest absolute Gasteiger partial charge is 0.573 e. The van der Waals surface area contributed by atoms with Gasteiger partial charge in [0.05, 0.1) is 5.69 Å². The summed E-state index contributed by atoms with van der Waals surface area (Å²) in [4.78, 5) is 22.0. The molecular weight excluding hydrogens is 267 g/mol. The van der Waals surface area contributed by atoms with Crippen molar-refractivity contribution in [1.29, 1.82) is 0 Å². The number of ether oxygens (including phenoxy) is 1. The molecular formula is C11H10F3NO4. The van der Waals surface area contributed by atoms with Gasteiger partial charge in [0.2, 0.25) is 5.91 Å². The zero-order chi connectivity index (χ0) is 14.6. The van der Waals surface area contributed by atoms with Crippen LogP contribution in [0.3, 0.4) is 0 Å². The van der Waals surface area contributed by atoms with Gasteiger partial charge in [0.15, 0.2) is 5.75 Å². The third kappa shape index (κ3) is 4.49. The van der Waals surface area contributed by atoms with Crippen LogP contribution in [0.15, 0.2) is 24.3 Å². The number of aliphatic carboxylic acids is 1. The summed E-state index contributed by atoms with van der Waals surface area (Å²) in [5.74, 6) is -4.32. The zero-order valence-electron chi connectivity index (χ0n) is 9.69. The van der Waals surface area contributed by atoms with E-state index < -0.39 is 29.9 Å². The number of carboxylic acid groups (broad SMARTS) is 1. The molecule has 1 aromatic rings. The van der Waals surface area contributed by atoms with Crippen LogP contribution in [-0.4, -0.2) is 23.3 Å². The van der Waals surface area contributed by atoms with E-state index in [0.717, 1.165) is 13.0 Å². The Kier molecular flexibility index (Phi) is 4.36. The summed E-state index contributed by atoms with van der Waals surface area (Å²) in [6.45, 7) is 1.12. The lowest BCUT2D eigenvalue weighted by atomic mass is 10.1. The number of nitrogens with one attached hydrogen (secondary N) is 1. The molecule has 1 unspecified atom stereocenters. The Morgan fingerprint density at radius 1 is 1.32 bits per heavy atom. The van der Waals surface area contributed by atoms with Gasteiger partial charge in [-0.05, 0) is 19.1 Å². The summed E-state index contributed by atoms with van der Waals surface area (Å²) in [7, 11) is 0. The van der Waals surface area contributed by atoms with E-state index >= 15 is 0 Å². The number of hydrogen-bond donors (Lipinski definition) is 2. The summed E-state index contributed by atoms with van der Waals surface area (Å²) in [5.41, 5.74) is -0.252. The standard InChI is InChI=1S/C11H10F3NO4/c1-6(10(17)18)9(16)15-7-4-2-3-5-8(7)19-11(12,13)14/h2-6H,1H3,(H,15,16)(H,17,18). The van der Waals surface area contributed by atoms with Gasteiger partial charge in [0.25, 0.3) is 0 Å². The van der Waals surface area contributed by atoms with Crippen LogP contribution < -0.4 is 10.1 Å². The third-order valence-electron chi connectivity index (χ3n) is 2.13. The van der Waals surface area contributed by atoms with Crippen LogP contribution in [-0.2, 0) is 9.59 Å². The predicted octanol–water partition coefficient (Wildman–Crippen LogP) is 2.24. The minimum absolute atomic E-state index is 0.252. The Morgan fingerprint density at radius 3 is 2.42 bits per heavy atom. The van der Waals surface area contributed by atoms with E-state index in [-0.39, 0.29) is 5.69 Å². The molecule has 0 spiro atoms. The topological polar surface area (TPSA) is 75.6 Å². The molecule has 1 atom stereocenters. The van der Waals surface area contributed by atoms with Crippen molar-refractivity contribution in [3.8, 4) is 5.75 Å². The first-order valence-corrected chi connectivity index (χ1v) is 5.09. The number of benzene rings is 1. The van der Waals surface area contributed by atoms with E-state index in [1.807, 2.05) is 0 Å². The van der Waals surface area contributed by atoms with E-state index in [9.17, 15) is 22.8 Å².